The van der Waals surface area contributed by atoms with Crippen molar-refractivity contribution in [2.24, 2.45) is 5.92 Å². The molecule has 182 valence electrons. The second kappa shape index (κ2) is 10.00. The summed E-state index contributed by atoms with van der Waals surface area (Å²) in [5, 5.41) is 8.16. The van der Waals surface area contributed by atoms with Crippen LogP contribution >= 0.6 is 11.3 Å². The number of nitrogens with one attached hydrogen (secondary N) is 1. The summed E-state index contributed by atoms with van der Waals surface area (Å²) in [5.74, 6) is 0.902. The van der Waals surface area contributed by atoms with Crippen LogP contribution < -0.4 is 15.6 Å². The second-order valence-electron chi connectivity index (χ2n) is 9.97. The van der Waals surface area contributed by atoms with Gasteiger partial charge in [-0.2, -0.15) is 9.61 Å². The average molecular weight is 491 g/mol. The molecule has 0 fully saturated rings. The van der Waals surface area contributed by atoms with Crippen LogP contribution in [0.2, 0.25) is 0 Å². The van der Waals surface area contributed by atoms with E-state index in [4.69, 9.17) is 4.74 Å². The van der Waals surface area contributed by atoms with E-state index in [-0.39, 0.29) is 23.5 Å². The number of hydrogen-bond donors (Lipinski definition) is 1. The van der Waals surface area contributed by atoms with E-state index >= 15 is 0 Å². The first-order chi connectivity index (χ1) is 16.6. The van der Waals surface area contributed by atoms with E-state index in [0.29, 0.717) is 33.6 Å². The van der Waals surface area contributed by atoms with Gasteiger partial charge in [-0.05, 0) is 53.3 Å². The normalized spacial score (nSPS) is 11.7. The molecule has 2 aromatic carbocycles. The fourth-order valence-corrected chi connectivity index (χ4v) is 4.65. The summed E-state index contributed by atoms with van der Waals surface area (Å²) in [6, 6.07) is 16.2. The fraction of sp³-hybridized carbons (Fsp3) is 0.333. The Morgan fingerprint density at radius 1 is 1.09 bits per heavy atom. The number of aromatic nitrogens is 3. The number of hydrogen-bond acceptors (Lipinski definition) is 6. The molecule has 0 atom stereocenters. The van der Waals surface area contributed by atoms with Crippen LogP contribution in [0.1, 0.15) is 61.2 Å². The van der Waals surface area contributed by atoms with Gasteiger partial charge >= 0.3 is 0 Å². The van der Waals surface area contributed by atoms with Crippen LogP contribution in [0, 0.1) is 5.92 Å². The summed E-state index contributed by atoms with van der Waals surface area (Å²) in [6.45, 7) is 10.8. The van der Waals surface area contributed by atoms with Crippen molar-refractivity contribution in [3.63, 3.8) is 0 Å². The summed E-state index contributed by atoms with van der Waals surface area (Å²) < 4.78 is 7.17. The van der Waals surface area contributed by atoms with Gasteiger partial charge in [-0.3, -0.25) is 9.59 Å². The van der Waals surface area contributed by atoms with Gasteiger partial charge in [0.25, 0.3) is 11.5 Å². The lowest BCUT2D eigenvalue weighted by Gasteiger charge is -2.19. The molecule has 4 rings (SSSR count). The van der Waals surface area contributed by atoms with Crippen molar-refractivity contribution >= 4 is 27.9 Å². The molecule has 35 heavy (non-hydrogen) atoms. The number of benzene rings is 2. The highest BCUT2D eigenvalue weighted by atomic mass is 32.1. The SMILES string of the molecule is CC(C)Cc1nn2c(=O)cc(COc3ccc(NC(=O)c4ccc(C(C)(C)C)cc4)cc3)nc2s1. The van der Waals surface area contributed by atoms with Crippen molar-refractivity contribution in [3.8, 4) is 5.75 Å². The van der Waals surface area contributed by atoms with E-state index in [1.165, 1.54) is 27.5 Å². The van der Waals surface area contributed by atoms with Gasteiger partial charge in [0.1, 0.15) is 17.4 Å². The lowest BCUT2D eigenvalue weighted by molar-refractivity contribution is 0.102. The number of carbonyl (C=O) groups is 1. The Morgan fingerprint density at radius 3 is 2.40 bits per heavy atom. The first kappa shape index (κ1) is 24.6. The lowest BCUT2D eigenvalue weighted by Crippen LogP contribution is -2.16. The summed E-state index contributed by atoms with van der Waals surface area (Å²) in [7, 11) is 0. The average Bonchev–Trinajstić information content (AvgIpc) is 3.20. The zero-order valence-electron chi connectivity index (χ0n) is 20.7. The number of carbonyl (C=O) groups excluding carboxylic acids is 1. The molecule has 7 nitrogen and oxygen atoms in total. The van der Waals surface area contributed by atoms with E-state index in [1.807, 2.05) is 24.3 Å². The molecule has 2 aromatic heterocycles. The van der Waals surface area contributed by atoms with Crippen LogP contribution in [-0.2, 0) is 18.4 Å². The number of anilines is 1. The topological polar surface area (TPSA) is 85.6 Å². The van der Waals surface area contributed by atoms with Crippen molar-refractivity contribution in [2.75, 3.05) is 5.32 Å². The monoisotopic (exact) mass is 490 g/mol. The second-order valence-corrected chi connectivity index (χ2v) is 11.0. The Morgan fingerprint density at radius 2 is 1.77 bits per heavy atom. The van der Waals surface area contributed by atoms with Gasteiger partial charge in [0.2, 0.25) is 4.96 Å². The standard InChI is InChI=1S/C27H30N4O3S/c1-17(2)14-23-30-31-24(32)15-21(29-26(31)35-23)16-34-22-12-10-20(11-13-22)28-25(33)18-6-8-19(9-7-18)27(3,4)5/h6-13,15,17H,14,16H2,1-5H3,(H,28,33). The Kier molecular flexibility index (Phi) is 7.03. The molecule has 8 heteroatoms. The number of fused-ring (bicyclic) bond motifs is 1. The smallest absolute Gasteiger partial charge is 0.275 e. The minimum absolute atomic E-state index is 0.0393. The van der Waals surface area contributed by atoms with E-state index in [2.05, 4.69) is 50.0 Å². The minimum atomic E-state index is -0.214. The highest BCUT2D eigenvalue weighted by Crippen LogP contribution is 2.23. The first-order valence-electron chi connectivity index (χ1n) is 11.6. The van der Waals surface area contributed by atoms with Crippen molar-refractivity contribution in [1.29, 1.82) is 0 Å². The van der Waals surface area contributed by atoms with Gasteiger partial charge in [0.15, 0.2) is 0 Å². The van der Waals surface area contributed by atoms with Crippen LogP contribution in [0.3, 0.4) is 0 Å². The molecule has 1 N–H and O–H groups in total. The Bertz CT molecular complexity index is 1380. The molecule has 0 unspecified atom stereocenters. The maximum Gasteiger partial charge on any atom is 0.275 e. The quantitative estimate of drug-likeness (QED) is 0.371. The van der Waals surface area contributed by atoms with Gasteiger partial charge in [-0.15, -0.1) is 0 Å². The molecule has 1 amide bonds. The minimum Gasteiger partial charge on any atom is -0.487 e. The van der Waals surface area contributed by atoms with Crippen molar-refractivity contribution in [2.45, 2.75) is 53.1 Å². The third-order valence-electron chi connectivity index (χ3n) is 5.43. The van der Waals surface area contributed by atoms with Crippen LogP contribution in [0.5, 0.6) is 5.75 Å². The summed E-state index contributed by atoms with van der Waals surface area (Å²) in [4.78, 5) is 30.1. The zero-order valence-corrected chi connectivity index (χ0v) is 21.5. The highest BCUT2D eigenvalue weighted by Gasteiger charge is 2.15. The predicted molar refractivity (Wildman–Crippen MR) is 140 cm³/mol. The molecule has 0 bridgehead atoms. The van der Waals surface area contributed by atoms with Crippen LogP contribution in [0.15, 0.2) is 59.4 Å². The summed E-state index contributed by atoms with van der Waals surface area (Å²) >= 11 is 1.43. The predicted octanol–water partition coefficient (Wildman–Crippen LogP) is 5.48. The van der Waals surface area contributed by atoms with Crippen molar-refractivity contribution < 1.29 is 9.53 Å². The third-order valence-corrected chi connectivity index (χ3v) is 6.37. The number of amides is 1. The number of ether oxygens (including phenoxy) is 1. The molecule has 0 saturated heterocycles. The summed E-state index contributed by atoms with van der Waals surface area (Å²) in [5.41, 5.74) is 2.82. The van der Waals surface area contributed by atoms with Crippen LogP contribution in [0.25, 0.3) is 4.96 Å². The molecule has 4 aromatic rings. The van der Waals surface area contributed by atoms with Crippen molar-refractivity contribution in [3.05, 3.63) is 86.8 Å². The lowest BCUT2D eigenvalue weighted by atomic mass is 9.87. The van der Waals surface area contributed by atoms with Gasteiger partial charge in [-0.1, -0.05) is 58.1 Å². The molecule has 0 spiro atoms. The van der Waals surface area contributed by atoms with Crippen LogP contribution in [-0.4, -0.2) is 20.5 Å². The van der Waals surface area contributed by atoms with E-state index in [0.717, 1.165) is 11.4 Å². The van der Waals surface area contributed by atoms with Gasteiger partial charge in [0.05, 0.1) is 5.69 Å². The van der Waals surface area contributed by atoms with Crippen LogP contribution in [0.4, 0.5) is 5.69 Å². The van der Waals surface area contributed by atoms with Gasteiger partial charge in [-0.25, -0.2) is 4.98 Å². The maximum absolute atomic E-state index is 12.6. The zero-order chi connectivity index (χ0) is 25.2. The molecule has 0 aliphatic carbocycles. The Labute approximate surface area is 208 Å². The Balaban J connectivity index is 1.37. The van der Waals surface area contributed by atoms with Gasteiger partial charge in [0, 0.05) is 23.7 Å². The maximum atomic E-state index is 12.6. The molecule has 0 aliphatic heterocycles. The molecule has 0 saturated carbocycles. The van der Waals surface area contributed by atoms with Gasteiger partial charge < -0.3 is 10.1 Å². The third kappa shape index (κ3) is 6.14. The molecular formula is C27H30N4O3S. The molecule has 2 heterocycles. The number of rotatable bonds is 7. The number of nitrogens with zero attached hydrogens (tertiary/aromatic N) is 3. The van der Waals surface area contributed by atoms with E-state index < -0.39 is 0 Å². The highest BCUT2D eigenvalue weighted by molar-refractivity contribution is 7.16. The molecular weight excluding hydrogens is 460 g/mol. The molecule has 0 aliphatic rings. The summed E-state index contributed by atoms with van der Waals surface area (Å²) in [6.07, 6.45) is 0.810. The largest absolute Gasteiger partial charge is 0.487 e. The fourth-order valence-electron chi connectivity index (χ4n) is 3.52. The van der Waals surface area contributed by atoms with Crippen molar-refractivity contribution in [1.82, 2.24) is 14.6 Å². The first-order valence-corrected chi connectivity index (χ1v) is 12.4. The van der Waals surface area contributed by atoms with E-state index in [1.54, 1.807) is 24.3 Å². The van der Waals surface area contributed by atoms with E-state index in [9.17, 15) is 9.59 Å². The Hall–Kier alpha value is -3.52. The molecule has 0 radical (unpaired) electrons.